The van der Waals surface area contributed by atoms with Gasteiger partial charge in [-0.1, -0.05) is 11.8 Å². The summed E-state index contributed by atoms with van der Waals surface area (Å²) in [5.41, 5.74) is 1.72. The zero-order valence-corrected chi connectivity index (χ0v) is 13.1. The Morgan fingerprint density at radius 2 is 1.48 bits per heavy atom. The second-order valence-corrected chi connectivity index (χ2v) is 5.91. The fourth-order valence-corrected chi connectivity index (χ4v) is 2.22. The highest BCUT2D eigenvalue weighted by Crippen LogP contribution is 2.10. The van der Waals surface area contributed by atoms with Crippen molar-refractivity contribution in [3.63, 3.8) is 0 Å². The van der Waals surface area contributed by atoms with Gasteiger partial charge in [0.25, 0.3) is 0 Å². The Morgan fingerprint density at radius 1 is 1.00 bits per heavy atom. The van der Waals surface area contributed by atoms with Gasteiger partial charge in [-0.2, -0.15) is 0 Å². The van der Waals surface area contributed by atoms with Crippen LogP contribution in [0.25, 0.3) is 0 Å². The van der Waals surface area contributed by atoms with Crippen molar-refractivity contribution >= 4 is 16.1 Å². The van der Waals surface area contributed by atoms with Gasteiger partial charge in [-0.15, -0.1) is 0 Å². The van der Waals surface area contributed by atoms with Gasteiger partial charge in [0.2, 0.25) is 0 Å². The average Bonchev–Trinajstić information content (AvgIpc) is 2.53. The zero-order valence-electron chi connectivity index (χ0n) is 12.3. The van der Waals surface area contributed by atoms with Gasteiger partial charge in [0.15, 0.2) is 0 Å². The zero-order chi connectivity index (χ0) is 16.9. The van der Waals surface area contributed by atoms with Gasteiger partial charge in [0.05, 0.1) is 17.1 Å². The number of rotatable bonds is 3. The third kappa shape index (κ3) is 4.68. The van der Waals surface area contributed by atoms with E-state index in [1.54, 1.807) is 31.2 Å². The van der Waals surface area contributed by atoms with E-state index in [1.807, 2.05) is 0 Å². The Labute approximate surface area is 134 Å². The smallest absolute Gasteiger partial charge is 0.338 e. The first-order chi connectivity index (χ1) is 10.9. The average molecular weight is 329 g/mol. The standard InChI is InChI=1S/C17H14O5S/c1-2-22-17(18)15-9-5-13(6-10-15)3-4-14-7-11-16(12-8-14)23(19,20)21/h5-12H,2H2,1H3,(H,19,20,21)/p-1. The maximum Gasteiger partial charge on any atom is 0.338 e. The van der Waals surface area contributed by atoms with Crippen LogP contribution in [0.1, 0.15) is 28.4 Å². The van der Waals surface area contributed by atoms with Crippen molar-refractivity contribution in [1.29, 1.82) is 0 Å². The van der Waals surface area contributed by atoms with Crippen LogP contribution in [0.15, 0.2) is 53.4 Å². The number of hydrogen-bond acceptors (Lipinski definition) is 5. The molecule has 2 aromatic carbocycles. The molecule has 0 bridgehead atoms. The molecule has 6 heteroatoms. The molecule has 0 aliphatic carbocycles. The number of ether oxygens (including phenoxy) is 1. The summed E-state index contributed by atoms with van der Waals surface area (Å²) in [5, 5.41) is 0. The van der Waals surface area contributed by atoms with Crippen LogP contribution in [-0.4, -0.2) is 25.5 Å². The summed E-state index contributed by atoms with van der Waals surface area (Å²) < 4.78 is 37.4. The first-order valence-electron chi connectivity index (χ1n) is 6.75. The van der Waals surface area contributed by atoms with Gasteiger partial charge < -0.3 is 9.29 Å². The van der Waals surface area contributed by atoms with Crippen LogP contribution in [-0.2, 0) is 14.9 Å². The molecule has 0 atom stereocenters. The molecular formula is C17H13O5S-. The highest BCUT2D eigenvalue weighted by molar-refractivity contribution is 7.85. The Kier molecular flexibility index (Phi) is 5.16. The summed E-state index contributed by atoms with van der Waals surface area (Å²) in [6.07, 6.45) is 0. The molecule has 0 N–H and O–H groups in total. The van der Waals surface area contributed by atoms with Gasteiger partial charge in [0, 0.05) is 11.1 Å². The lowest BCUT2D eigenvalue weighted by molar-refractivity contribution is 0.0526. The first kappa shape index (κ1) is 16.7. The summed E-state index contributed by atoms with van der Waals surface area (Å²) in [6.45, 7) is 2.05. The van der Waals surface area contributed by atoms with Crippen molar-refractivity contribution < 1.29 is 22.5 Å². The normalized spacial score (nSPS) is 10.5. The minimum absolute atomic E-state index is 0.290. The molecule has 0 saturated carbocycles. The second kappa shape index (κ2) is 7.09. The second-order valence-electron chi connectivity index (χ2n) is 4.53. The molecule has 0 amide bonds. The molecule has 0 heterocycles. The van der Waals surface area contributed by atoms with Crippen molar-refractivity contribution in [3.05, 3.63) is 65.2 Å². The predicted molar refractivity (Wildman–Crippen MR) is 82.8 cm³/mol. The minimum Gasteiger partial charge on any atom is -0.744 e. The van der Waals surface area contributed by atoms with Crippen LogP contribution in [0.2, 0.25) is 0 Å². The fraction of sp³-hybridized carbons (Fsp3) is 0.118. The molecule has 118 valence electrons. The molecule has 0 aliphatic heterocycles. The van der Waals surface area contributed by atoms with Crippen LogP contribution in [0.5, 0.6) is 0 Å². The van der Waals surface area contributed by atoms with Gasteiger partial charge in [0.1, 0.15) is 10.1 Å². The number of benzene rings is 2. The van der Waals surface area contributed by atoms with Crippen molar-refractivity contribution in [3.8, 4) is 11.8 Å². The van der Waals surface area contributed by atoms with E-state index in [9.17, 15) is 17.8 Å². The molecule has 2 rings (SSSR count). The van der Waals surface area contributed by atoms with E-state index in [-0.39, 0.29) is 10.9 Å². The van der Waals surface area contributed by atoms with E-state index in [4.69, 9.17) is 4.74 Å². The molecule has 0 aromatic heterocycles. The lowest BCUT2D eigenvalue weighted by Crippen LogP contribution is -2.04. The van der Waals surface area contributed by atoms with Crippen LogP contribution in [0.4, 0.5) is 0 Å². The molecule has 5 nitrogen and oxygen atoms in total. The summed E-state index contributed by atoms with van der Waals surface area (Å²) in [6, 6.07) is 12.0. The molecule has 0 aliphatic rings. The summed E-state index contributed by atoms with van der Waals surface area (Å²) in [4.78, 5) is 11.2. The van der Waals surface area contributed by atoms with Gasteiger partial charge in [-0.25, -0.2) is 13.2 Å². The number of esters is 1. The molecular weight excluding hydrogens is 316 g/mol. The van der Waals surface area contributed by atoms with Crippen LogP contribution >= 0.6 is 0 Å². The Morgan fingerprint density at radius 3 is 1.91 bits per heavy atom. The third-order valence-electron chi connectivity index (χ3n) is 2.89. The molecule has 0 fully saturated rings. The SMILES string of the molecule is CCOC(=O)c1ccc(C#Cc2ccc(S(=O)(=O)[O-])cc2)cc1. The van der Waals surface area contributed by atoms with E-state index < -0.39 is 10.1 Å². The van der Waals surface area contributed by atoms with Crippen molar-refractivity contribution in [2.75, 3.05) is 6.61 Å². The van der Waals surface area contributed by atoms with Crippen LogP contribution in [0, 0.1) is 11.8 Å². The Hall–Kier alpha value is -2.62. The summed E-state index contributed by atoms with van der Waals surface area (Å²) in [5.74, 6) is 5.35. The van der Waals surface area contributed by atoms with E-state index in [0.29, 0.717) is 23.3 Å². The van der Waals surface area contributed by atoms with Gasteiger partial charge in [-0.05, 0) is 55.5 Å². The van der Waals surface area contributed by atoms with Crippen molar-refractivity contribution in [2.24, 2.45) is 0 Å². The quantitative estimate of drug-likeness (QED) is 0.489. The number of carbonyl (C=O) groups excluding carboxylic acids is 1. The summed E-state index contributed by atoms with van der Waals surface area (Å²) in [7, 11) is -4.45. The number of carbonyl (C=O) groups is 1. The van der Waals surface area contributed by atoms with E-state index in [1.165, 1.54) is 24.3 Å². The fourth-order valence-electron chi connectivity index (χ4n) is 1.75. The lowest BCUT2D eigenvalue weighted by Gasteiger charge is -2.05. The van der Waals surface area contributed by atoms with Gasteiger partial charge >= 0.3 is 5.97 Å². The molecule has 23 heavy (non-hydrogen) atoms. The first-order valence-corrected chi connectivity index (χ1v) is 8.16. The monoisotopic (exact) mass is 329 g/mol. The highest BCUT2D eigenvalue weighted by Gasteiger charge is 2.04. The van der Waals surface area contributed by atoms with Crippen molar-refractivity contribution in [2.45, 2.75) is 11.8 Å². The van der Waals surface area contributed by atoms with Crippen LogP contribution in [0.3, 0.4) is 0 Å². The molecule has 2 aromatic rings. The maximum atomic E-state index is 11.5. The highest BCUT2D eigenvalue weighted by atomic mass is 32.2. The Bertz CT molecular complexity index is 854. The van der Waals surface area contributed by atoms with E-state index in [2.05, 4.69) is 11.8 Å². The lowest BCUT2D eigenvalue weighted by atomic mass is 10.1. The molecule has 0 unspecified atom stereocenters. The molecule has 0 spiro atoms. The maximum absolute atomic E-state index is 11.5. The Balaban J connectivity index is 2.14. The minimum atomic E-state index is -4.45. The topological polar surface area (TPSA) is 83.5 Å². The molecule has 0 saturated heterocycles. The summed E-state index contributed by atoms with van der Waals surface area (Å²) >= 11 is 0. The number of hydrogen-bond donors (Lipinski definition) is 0. The van der Waals surface area contributed by atoms with E-state index >= 15 is 0 Å². The van der Waals surface area contributed by atoms with Gasteiger partial charge in [-0.3, -0.25) is 0 Å². The molecule has 0 radical (unpaired) electrons. The largest absolute Gasteiger partial charge is 0.744 e. The predicted octanol–water partition coefficient (Wildman–Crippen LogP) is 2.17. The third-order valence-corrected chi connectivity index (χ3v) is 3.74. The van der Waals surface area contributed by atoms with Crippen molar-refractivity contribution in [1.82, 2.24) is 0 Å². The van der Waals surface area contributed by atoms with E-state index in [0.717, 1.165) is 0 Å². The van der Waals surface area contributed by atoms with Crippen LogP contribution < -0.4 is 0 Å².